The number of nitrogens with one attached hydrogen (secondary N) is 1. The van der Waals surface area contributed by atoms with Gasteiger partial charge in [0.2, 0.25) is 0 Å². The highest BCUT2D eigenvalue weighted by atomic mass is 16.3. The van der Waals surface area contributed by atoms with Crippen LogP contribution in [0.3, 0.4) is 0 Å². The zero-order valence-corrected chi connectivity index (χ0v) is 13.9. The molecule has 0 saturated carbocycles. The van der Waals surface area contributed by atoms with E-state index in [0.29, 0.717) is 22.7 Å². The Labute approximate surface area is 150 Å². The molecule has 0 aliphatic rings. The maximum absolute atomic E-state index is 10.1. The van der Waals surface area contributed by atoms with Gasteiger partial charge in [0, 0.05) is 17.1 Å². The van der Waals surface area contributed by atoms with Crippen molar-refractivity contribution in [1.29, 1.82) is 0 Å². The van der Waals surface area contributed by atoms with Crippen LogP contribution in [0.15, 0.2) is 90.2 Å². The van der Waals surface area contributed by atoms with E-state index in [9.17, 15) is 5.11 Å². The number of benzene rings is 2. The van der Waals surface area contributed by atoms with Gasteiger partial charge in [0.1, 0.15) is 22.8 Å². The van der Waals surface area contributed by atoms with E-state index >= 15 is 0 Å². The lowest BCUT2D eigenvalue weighted by Crippen LogP contribution is -2.09. The molecular formula is C21H16N4O. The van der Waals surface area contributed by atoms with Crippen LogP contribution in [0.1, 0.15) is 11.3 Å². The first-order valence-electron chi connectivity index (χ1n) is 8.20. The van der Waals surface area contributed by atoms with Gasteiger partial charge in [-0.2, -0.15) is 5.10 Å². The van der Waals surface area contributed by atoms with Crippen LogP contribution in [-0.2, 0) is 0 Å². The number of aromatic hydroxyl groups is 1. The molecule has 0 saturated heterocycles. The first-order valence-corrected chi connectivity index (χ1v) is 8.20. The average molecular weight is 340 g/mol. The fraction of sp³-hybridized carbons (Fsp3) is 0. The number of nitrogens with zero attached hydrogens (tertiary/aromatic N) is 3. The van der Waals surface area contributed by atoms with Gasteiger partial charge in [-0.1, -0.05) is 54.6 Å². The third kappa shape index (κ3) is 3.23. The second-order valence-corrected chi connectivity index (χ2v) is 5.70. The van der Waals surface area contributed by atoms with Gasteiger partial charge >= 0.3 is 0 Å². The maximum atomic E-state index is 10.1. The van der Waals surface area contributed by atoms with Crippen molar-refractivity contribution in [3.8, 4) is 5.75 Å². The Bertz CT molecular complexity index is 1060. The van der Waals surface area contributed by atoms with Gasteiger partial charge in [0.25, 0.3) is 0 Å². The molecule has 0 fully saturated rings. The number of phenols is 1. The summed E-state index contributed by atoms with van der Waals surface area (Å²) in [6, 6.07) is 24.5. The summed E-state index contributed by atoms with van der Waals surface area (Å²) in [4.78, 5) is 8.85. The topological polar surface area (TPSA) is 70.4 Å². The minimum Gasteiger partial charge on any atom is -0.506 e. The summed E-state index contributed by atoms with van der Waals surface area (Å²) in [5.74, 6) is 0.791. The Morgan fingerprint density at radius 3 is 2.50 bits per heavy atom. The molecule has 4 aromatic rings. The highest BCUT2D eigenvalue weighted by Gasteiger charge is 2.11. The van der Waals surface area contributed by atoms with Crippen LogP contribution in [0.5, 0.6) is 5.75 Å². The molecule has 0 radical (unpaired) electrons. The van der Waals surface area contributed by atoms with Crippen LogP contribution < -0.4 is 5.43 Å². The number of para-hydroxylation sites is 1. The van der Waals surface area contributed by atoms with Crippen molar-refractivity contribution in [3.63, 3.8) is 0 Å². The number of hydrogen-bond donors (Lipinski definition) is 2. The van der Waals surface area contributed by atoms with Crippen LogP contribution >= 0.6 is 0 Å². The summed E-state index contributed by atoms with van der Waals surface area (Å²) < 4.78 is 0. The van der Waals surface area contributed by atoms with Crippen LogP contribution in [0.4, 0.5) is 5.82 Å². The van der Waals surface area contributed by atoms with E-state index in [1.165, 1.54) is 0 Å². The summed E-state index contributed by atoms with van der Waals surface area (Å²) in [6.45, 7) is 0. The third-order valence-electron chi connectivity index (χ3n) is 3.94. The van der Waals surface area contributed by atoms with E-state index in [0.717, 1.165) is 10.9 Å². The van der Waals surface area contributed by atoms with Crippen LogP contribution in [0.25, 0.3) is 10.9 Å². The Balaban J connectivity index is 1.81. The summed E-state index contributed by atoms with van der Waals surface area (Å²) in [5.41, 5.74) is 5.77. The molecule has 4 rings (SSSR count). The van der Waals surface area contributed by atoms with Crippen molar-refractivity contribution < 1.29 is 5.11 Å². The second kappa shape index (κ2) is 7.03. The molecule has 126 valence electrons. The Morgan fingerprint density at radius 2 is 1.69 bits per heavy atom. The lowest BCUT2D eigenvalue weighted by atomic mass is 10.1. The van der Waals surface area contributed by atoms with Crippen LogP contribution in [0.2, 0.25) is 0 Å². The number of rotatable bonds is 4. The van der Waals surface area contributed by atoms with Crippen molar-refractivity contribution in [2.45, 2.75) is 0 Å². The minimum atomic E-state index is 0.148. The average Bonchev–Trinajstić information content (AvgIpc) is 2.70. The molecule has 5 heteroatoms. The molecule has 0 aliphatic heterocycles. The van der Waals surface area contributed by atoms with Gasteiger partial charge in [-0.25, -0.2) is 9.97 Å². The van der Waals surface area contributed by atoms with Gasteiger partial charge in [-0.3, -0.25) is 5.43 Å². The quantitative estimate of drug-likeness (QED) is 0.431. The van der Waals surface area contributed by atoms with Gasteiger partial charge in [-0.15, -0.1) is 0 Å². The zero-order valence-electron chi connectivity index (χ0n) is 13.9. The SMILES string of the molecule is Oc1cccc2ccc(/C(=N\Nc3ccccn3)c3ccccc3)nc12. The molecule has 0 amide bonds. The molecule has 0 spiro atoms. The number of fused-ring (bicyclic) bond motifs is 1. The summed E-state index contributed by atoms with van der Waals surface area (Å²) in [5, 5.41) is 15.5. The van der Waals surface area contributed by atoms with Crippen molar-refractivity contribution >= 4 is 22.4 Å². The Kier molecular flexibility index (Phi) is 4.26. The van der Waals surface area contributed by atoms with Crippen molar-refractivity contribution in [3.05, 3.63) is 96.3 Å². The van der Waals surface area contributed by atoms with Gasteiger partial charge in [0.05, 0.1) is 5.69 Å². The van der Waals surface area contributed by atoms with Crippen molar-refractivity contribution in [2.75, 3.05) is 5.43 Å². The Hall–Kier alpha value is -3.73. The molecule has 0 bridgehead atoms. The van der Waals surface area contributed by atoms with Crippen LogP contribution in [0, 0.1) is 0 Å². The standard InChI is InChI=1S/C21H16N4O/c26-18-10-6-9-16-12-13-17(23-21(16)18)20(15-7-2-1-3-8-15)25-24-19-11-4-5-14-22-19/h1-14,26H,(H,22,24)/b25-20-. The number of phenolic OH excluding ortho intramolecular Hbond substituents is 1. The molecule has 5 nitrogen and oxygen atoms in total. The van der Waals surface area contributed by atoms with Gasteiger partial charge in [-0.05, 0) is 24.3 Å². The second-order valence-electron chi connectivity index (χ2n) is 5.70. The predicted molar refractivity (Wildman–Crippen MR) is 103 cm³/mol. The summed E-state index contributed by atoms with van der Waals surface area (Å²) in [6.07, 6.45) is 1.70. The largest absolute Gasteiger partial charge is 0.506 e. The molecule has 0 atom stereocenters. The third-order valence-corrected chi connectivity index (χ3v) is 3.94. The lowest BCUT2D eigenvalue weighted by molar-refractivity contribution is 0.480. The fourth-order valence-electron chi connectivity index (χ4n) is 2.67. The van der Waals surface area contributed by atoms with E-state index in [4.69, 9.17) is 0 Å². The highest BCUT2D eigenvalue weighted by molar-refractivity contribution is 6.12. The minimum absolute atomic E-state index is 0.148. The van der Waals surface area contributed by atoms with Gasteiger partial charge < -0.3 is 5.11 Å². The monoisotopic (exact) mass is 340 g/mol. The van der Waals surface area contributed by atoms with Gasteiger partial charge in [0.15, 0.2) is 0 Å². The number of anilines is 1. The van der Waals surface area contributed by atoms with E-state index in [1.807, 2.05) is 66.7 Å². The van der Waals surface area contributed by atoms with E-state index < -0.39 is 0 Å². The predicted octanol–water partition coefficient (Wildman–Crippen LogP) is 4.20. The molecule has 2 N–H and O–H groups in total. The summed E-state index contributed by atoms with van der Waals surface area (Å²) >= 11 is 0. The molecule has 2 aromatic carbocycles. The number of pyridine rings is 2. The molecule has 2 aromatic heterocycles. The molecule has 0 unspecified atom stereocenters. The van der Waals surface area contributed by atoms with Crippen molar-refractivity contribution in [2.24, 2.45) is 5.10 Å². The number of hydrazone groups is 1. The van der Waals surface area contributed by atoms with E-state index in [-0.39, 0.29) is 5.75 Å². The van der Waals surface area contributed by atoms with Crippen LogP contribution in [-0.4, -0.2) is 20.8 Å². The lowest BCUT2D eigenvalue weighted by Gasteiger charge is -2.09. The van der Waals surface area contributed by atoms with Crippen molar-refractivity contribution in [1.82, 2.24) is 9.97 Å². The zero-order chi connectivity index (χ0) is 17.8. The number of aromatic nitrogens is 2. The summed E-state index contributed by atoms with van der Waals surface area (Å²) in [7, 11) is 0. The van der Waals surface area contributed by atoms with E-state index in [1.54, 1.807) is 18.3 Å². The molecule has 26 heavy (non-hydrogen) atoms. The molecule has 2 heterocycles. The normalized spacial score (nSPS) is 11.5. The molecule has 0 aliphatic carbocycles. The smallest absolute Gasteiger partial charge is 0.146 e. The first-order chi connectivity index (χ1) is 12.8. The fourth-order valence-corrected chi connectivity index (χ4v) is 2.67. The number of hydrogen-bond acceptors (Lipinski definition) is 5. The first kappa shape index (κ1) is 15.8. The Morgan fingerprint density at radius 1 is 0.846 bits per heavy atom. The molecular weight excluding hydrogens is 324 g/mol. The maximum Gasteiger partial charge on any atom is 0.146 e. The van der Waals surface area contributed by atoms with E-state index in [2.05, 4.69) is 20.5 Å². The highest BCUT2D eigenvalue weighted by Crippen LogP contribution is 2.23.